The molecule has 0 aliphatic carbocycles. The Morgan fingerprint density at radius 1 is 1.14 bits per heavy atom. The number of alkyl halides is 3. The molecule has 37 heavy (non-hydrogen) atoms. The summed E-state index contributed by atoms with van der Waals surface area (Å²) < 4.78 is 43.6. The Labute approximate surface area is 210 Å². The molecule has 0 saturated heterocycles. The van der Waals surface area contributed by atoms with Crippen LogP contribution >= 0.6 is 0 Å². The molecule has 0 unspecified atom stereocenters. The van der Waals surface area contributed by atoms with E-state index in [0.29, 0.717) is 37.4 Å². The smallest absolute Gasteiger partial charge is 0.406 e. The lowest BCUT2D eigenvalue weighted by Gasteiger charge is -2.18. The van der Waals surface area contributed by atoms with Crippen molar-refractivity contribution in [2.24, 2.45) is 5.73 Å². The molecule has 2 aromatic carbocycles. The second-order valence-corrected chi connectivity index (χ2v) is 8.85. The molecule has 0 radical (unpaired) electrons. The average molecular weight is 511 g/mol. The number of fused-ring (bicyclic) bond motifs is 2. The van der Waals surface area contributed by atoms with Gasteiger partial charge >= 0.3 is 6.36 Å². The van der Waals surface area contributed by atoms with E-state index in [4.69, 9.17) is 11.5 Å². The molecule has 4 aromatic rings. The predicted octanol–water partition coefficient (Wildman–Crippen LogP) is 4.06. The zero-order valence-corrected chi connectivity index (χ0v) is 19.8. The van der Waals surface area contributed by atoms with Gasteiger partial charge in [0, 0.05) is 30.5 Å². The minimum atomic E-state index is -4.79. The normalized spacial score (nSPS) is 13.2. The number of anilines is 2. The number of halogens is 3. The molecular weight excluding hydrogens is 485 g/mol. The van der Waals surface area contributed by atoms with Gasteiger partial charge in [-0.1, -0.05) is 18.2 Å². The minimum absolute atomic E-state index is 0.0429. The highest BCUT2D eigenvalue weighted by Crippen LogP contribution is 2.37. The van der Waals surface area contributed by atoms with Crippen molar-refractivity contribution in [3.63, 3.8) is 0 Å². The van der Waals surface area contributed by atoms with E-state index in [1.54, 1.807) is 11.0 Å². The van der Waals surface area contributed by atoms with Gasteiger partial charge in [-0.25, -0.2) is 9.97 Å². The van der Waals surface area contributed by atoms with Crippen LogP contribution in [0.25, 0.3) is 22.2 Å². The van der Waals surface area contributed by atoms with Crippen LogP contribution in [0.2, 0.25) is 0 Å². The lowest BCUT2D eigenvalue weighted by atomic mass is 10.0. The molecule has 1 aliphatic heterocycles. The summed E-state index contributed by atoms with van der Waals surface area (Å²) in [5.74, 6) is -0.162. The second-order valence-electron chi connectivity index (χ2n) is 8.85. The molecule has 4 N–H and O–H groups in total. The third-order valence-electron chi connectivity index (χ3n) is 6.36. The molecule has 0 fully saturated rings. The van der Waals surface area contributed by atoms with Crippen LogP contribution in [0.1, 0.15) is 17.5 Å². The quantitative estimate of drug-likeness (QED) is 0.388. The van der Waals surface area contributed by atoms with Gasteiger partial charge < -0.3 is 25.7 Å². The highest BCUT2D eigenvalue weighted by molar-refractivity contribution is 6.02. The van der Waals surface area contributed by atoms with Gasteiger partial charge in [0.15, 0.2) is 0 Å². The average Bonchev–Trinajstić information content (AvgIpc) is 3.44. The summed E-state index contributed by atoms with van der Waals surface area (Å²) in [6, 6.07) is 11.3. The fourth-order valence-electron chi connectivity index (χ4n) is 4.75. The Kier molecular flexibility index (Phi) is 6.46. The van der Waals surface area contributed by atoms with Gasteiger partial charge in [0.25, 0.3) is 0 Å². The van der Waals surface area contributed by atoms with Crippen molar-refractivity contribution in [2.75, 3.05) is 23.7 Å². The monoisotopic (exact) mass is 510 g/mol. The van der Waals surface area contributed by atoms with E-state index in [1.165, 1.54) is 24.5 Å². The molecule has 1 amide bonds. The van der Waals surface area contributed by atoms with Crippen molar-refractivity contribution in [1.29, 1.82) is 0 Å². The summed E-state index contributed by atoms with van der Waals surface area (Å²) >= 11 is 0. The van der Waals surface area contributed by atoms with Crippen LogP contribution in [0.5, 0.6) is 5.75 Å². The van der Waals surface area contributed by atoms with E-state index in [-0.39, 0.29) is 18.1 Å². The summed E-state index contributed by atoms with van der Waals surface area (Å²) in [7, 11) is 0. The molecule has 0 spiro atoms. The summed E-state index contributed by atoms with van der Waals surface area (Å²) in [5, 5.41) is 0.770. The number of hydrogen-bond donors (Lipinski definition) is 2. The number of aryl methyl sites for hydroxylation is 1. The number of nitrogen functional groups attached to an aromatic ring is 1. The third-order valence-corrected chi connectivity index (χ3v) is 6.36. The Balaban J connectivity index is 1.40. The summed E-state index contributed by atoms with van der Waals surface area (Å²) in [5.41, 5.74) is 16.7. The first kappa shape index (κ1) is 24.6. The van der Waals surface area contributed by atoms with Crippen LogP contribution in [0.15, 0.2) is 55.0 Å². The van der Waals surface area contributed by atoms with Crippen LogP contribution in [0, 0.1) is 0 Å². The Morgan fingerprint density at radius 3 is 2.76 bits per heavy atom. The molecular formula is C26H25F3N6O2. The van der Waals surface area contributed by atoms with Crippen molar-refractivity contribution in [1.82, 2.24) is 14.5 Å². The van der Waals surface area contributed by atoms with Gasteiger partial charge in [0.05, 0.1) is 11.8 Å². The topological polar surface area (TPSA) is 112 Å². The standard InChI is InChI=1S/C26H25F3N6O2/c27-26(28,29)37-19-4-1-3-16(11-19)12-22(36)35-10-7-18-13-17(5-6-21(18)35)20-14-34(9-2-8-30)25-23(20)24(31)32-15-33-25/h1,3-6,11,13-15H,2,7-10,12,30H2,(H2,31,32,33). The maximum Gasteiger partial charge on any atom is 0.573 e. The number of carbonyl (C=O) groups excluding carboxylic acids is 1. The fraction of sp³-hybridized carbons (Fsp3) is 0.269. The number of carbonyl (C=O) groups is 1. The lowest BCUT2D eigenvalue weighted by Crippen LogP contribution is -2.30. The Hall–Kier alpha value is -4.12. The van der Waals surface area contributed by atoms with E-state index in [1.807, 2.05) is 29.0 Å². The number of amides is 1. The third kappa shape index (κ3) is 5.08. The van der Waals surface area contributed by atoms with Crippen molar-refractivity contribution >= 4 is 28.4 Å². The summed E-state index contributed by atoms with van der Waals surface area (Å²) in [6.07, 6.45) is 0.0581. The zero-order chi connectivity index (χ0) is 26.2. The summed E-state index contributed by atoms with van der Waals surface area (Å²) in [6.45, 7) is 1.74. The number of nitrogens with zero attached hydrogens (tertiary/aromatic N) is 4. The Morgan fingerprint density at radius 2 is 1.97 bits per heavy atom. The van der Waals surface area contributed by atoms with E-state index in [2.05, 4.69) is 14.7 Å². The first-order valence-electron chi connectivity index (χ1n) is 11.8. The van der Waals surface area contributed by atoms with Crippen LogP contribution in [-0.4, -0.2) is 39.9 Å². The molecule has 11 heteroatoms. The van der Waals surface area contributed by atoms with Crippen LogP contribution in [0.3, 0.4) is 0 Å². The second kappa shape index (κ2) is 9.74. The molecule has 3 heterocycles. The highest BCUT2D eigenvalue weighted by Gasteiger charge is 2.31. The number of aromatic nitrogens is 3. The fourth-order valence-corrected chi connectivity index (χ4v) is 4.75. The van der Waals surface area contributed by atoms with Gasteiger partial charge in [-0.15, -0.1) is 13.2 Å². The van der Waals surface area contributed by atoms with Gasteiger partial charge in [-0.3, -0.25) is 4.79 Å². The number of rotatable bonds is 7. The largest absolute Gasteiger partial charge is 0.573 e. The van der Waals surface area contributed by atoms with Gasteiger partial charge in [0.1, 0.15) is 23.5 Å². The van der Waals surface area contributed by atoms with E-state index in [9.17, 15) is 18.0 Å². The maximum absolute atomic E-state index is 13.1. The molecule has 5 rings (SSSR count). The van der Waals surface area contributed by atoms with Crippen molar-refractivity contribution in [2.45, 2.75) is 32.2 Å². The van der Waals surface area contributed by atoms with Crippen LogP contribution in [0.4, 0.5) is 24.7 Å². The predicted molar refractivity (Wildman–Crippen MR) is 134 cm³/mol. The molecule has 0 bridgehead atoms. The zero-order valence-electron chi connectivity index (χ0n) is 19.8. The first-order chi connectivity index (χ1) is 17.7. The van der Waals surface area contributed by atoms with Gasteiger partial charge in [-0.2, -0.15) is 0 Å². The molecule has 0 atom stereocenters. The number of ether oxygens (including phenoxy) is 1. The highest BCUT2D eigenvalue weighted by atomic mass is 19.4. The van der Waals surface area contributed by atoms with E-state index in [0.717, 1.165) is 39.8 Å². The molecule has 0 saturated carbocycles. The SMILES string of the molecule is NCCCn1cc(-c2ccc3c(c2)CCN3C(=O)Cc2cccc(OC(F)(F)F)c2)c2c(N)ncnc21. The van der Waals surface area contributed by atoms with E-state index < -0.39 is 6.36 Å². The van der Waals surface area contributed by atoms with Crippen LogP contribution in [-0.2, 0) is 24.2 Å². The molecule has 8 nitrogen and oxygen atoms in total. The van der Waals surface area contributed by atoms with Crippen molar-refractivity contribution in [3.05, 3.63) is 66.1 Å². The molecule has 1 aliphatic rings. The minimum Gasteiger partial charge on any atom is -0.406 e. The number of nitrogens with two attached hydrogens (primary N) is 2. The van der Waals surface area contributed by atoms with Crippen molar-refractivity contribution < 1.29 is 22.7 Å². The number of hydrogen-bond acceptors (Lipinski definition) is 6. The molecule has 2 aromatic heterocycles. The van der Waals surface area contributed by atoms with Crippen molar-refractivity contribution in [3.8, 4) is 16.9 Å². The lowest BCUT2D eigenvalue weighted by molar-refractivity contribution is -0.274. The van der Waals surface area contributed by atoms with Crippen LogP contribution < -0.4 is 21.1 Å². The number of benzene rings is 2. The Bertz CT molecular complexity index is 1470. The van der Waals surface area contributed by atoms with Gasteiger partial charge in [0.2, 0.25) is 5.91 Å². The van der Waals surface area contributed by atoms with Gasteiger partial charge in [-0.05, 0) is 60.3 Å². The molecule has 192 valence electrons. The first-order valence-corrected chi connectivity index (χ1v) is 11.8. The van der Waals surface area contributed by atoms with E-state index >= 15 is 0 Å². The maximum atomic E-state index is 13.1. The summed E-state index contributed by atoms with van der Waals surface area (Å²) in [4.78, 5) is 23.3.